The van der Waals surface area contributed by atoms with E-state index in [1.165, 1.54) is 32.4 Å². The predicted molar refractivity (Wildman–Crippen MR) is 130 cm³/mol. The van der Waals surface area contributed by atoms with Gasteiger partial charge in [0, 0.05) is 17.5 Å². The molecule has 10 heteroatoms. The van der Waals surface area contributed by atoms with E-state index < -0.39 is 23.8 Å². The first-order chi connectivity index (χ1) is 16.5. The van der Waals surface area contributed by atoms with Gasteiger partial charge in [0.1, 0.15) is 11.5 Å². The lowest BCUT2D eigenvalue weighted by molar-refractivity contribution is -0.145. The Labute approximate surface area is 210 Å². The number of carboxylic acids is 1. The van der Waals surface area contributed by atoms with Gasteiger partial charge in [-0.1, -0.05) is 43.1 Å². The molecule has 2 rings (SSSR count). The van der Waals surface area contributed by atoms with E-state index in [9.17, 15) is 19.5 Å². The Balaban J connectivity index is 2.38. The number of nitrogens with one attached hydrogen (secondary N) is 1. The zero-order chi connectivity index (χ0) is 26.3. The van der Waals surface area contributed by atoms with Crippen LogP contribution in [0, 0.1) is 5.92 Å². The molecule has 0 aromatic heterocycles. The molecule has 0 bridgehead atoms. The minimum atomic E-state index is -1.48. The molecule has 2 N–H and O–H groups in total. The van der Waals surface area contributed by atoms with E-state index >= 15 is 0 Å². The van der Waals surface area contributed by atoms with Crippen LogP contribution in [0.3, 0.4) is 0 Å². The van der Waals surface area contributed by atoms with Crippen LogP contribution in [0.4, 0.5) is 0 Å². The summed E-state index contributed by atoms with van der Waals surface area (Å²) >= 11 is 12.2. The number of methoxy groups -OCH3 is 2. The highest BCUT2D eigenvalue weighted by Crippen LogP contribution is 2.26. The summed E-state index contributed by atoms with van der Waals surface area (Å²) in [6.07, 6.45) is 0.00470. The molecule has 0 saturated carbocycles. The maximum Gasteiger partial charge on any atom is 0.328 e. The number of halogens is 2. The minimum absolute atomic E-state index is 0.00816. The Kier molecular flexibility index (Phi) is 9.42. The number of aryl methyl sites for hydroxylation is 1. The normalized spacial score (nSPS) is 12.0. The topological polar surface area (TPSA) is 105 Å². The lowest BCUT2D eigenvalue weighted by atomic mass is 10.0. The van der Waals surface area contributed by atoms with E-state index in [-0.39, 0.29) is 40.8 Å². The smallest absolute Gasteiger partial charge is 0.328 e. The van der Waals surface area contributed by atoms with Gasteiger partial charge >= 0.3 is 5.97 Å². The summed E-state index contributed by atoms with van der Waals surface area (Å²) in [5.74, 6) is -2.14. The van der Waals surface area contributed by atoms with E-state index in [1.807, 2.05) is 0 Å². The predicted octanol–water partition coefficient (Wildman–Crippen LogP) is 4.62. The van der Waals surface area contributed by atoms with Crippen LogP contribution in [0.2, 0.25) is 11.5 Å². The number of rotatable bonds is 10. The quantitative estimate of drug-likeness (QED) is 0.451. The Morgan fingerprint density at radius 2 is 1.82 bits per heavy atom. The van der Waals surface area contributed by atoms with Crippen LogP contribution in [0.1, 0.15) is 42.6 Å². The van der Waals surface area contributed by atoms with Crippen molar-refractivity contribution in [2.45, 2.75) is 39.2 Å². The third kappa shape index (κ3) is 7.27. The third-order valence-corrected chi connectivity index (χ3v) is 5.53. The molecule has 34 heavy (non-hydrogen) atoms. The Bertz CT molecular complexity index is 1080. The number of carbonyl (C=O) groups is 3. The fourth-order valence-electron chi connectivity index (χ4n) is 3.26. The third-order valence-electron chi connectivity index (χ3n) is 4.96. The van der Waals surface area contributed by atoms with Gasteiger partial charge < -0.3 is 14.6 Å². The Morgan fingerprint density at radius 1 is 1.12 bits per heavy atom. The zero-order valence-electron chi connectivity index (χ0n) is 20.4. The van der Waals surface area contributed by atoms with Crippen molar-refractivity contribution >= 4 is 41.0 Å². The monoisotopic (exact) mass is 511 g/mol. The van der Waals surface area contributed by atoms with E-state index in [4.69, 9.17) is 34.1 Å². The number of hydrogen-bond acceptors (Lipinski definition) is 5. The first-order valence-corrected chi connectivity index (χ1v) is 11.3. The summed E-state index contributed by atoms with van der Waals surface area (Å²) in [5, 5.41) is 10.7. The summed E-state index contributed by atoms with van der Waals surface area (Å²) in [6.45, 7) is 3.55. The van der Waals surface area contributed by atoms with Crippen molar-refractivity contribution < 1.29 is 30.4 Å². The summed E-state index contributed by atoms with van der Waals surface area (Å²) in [5.41, 5.74) is 0.871. The highest BCUT2D eigenvalue weighted by atomic mass is 35.5. The van der Waals surface area contributed by atoms with Gasteiger partial charge in [0.15, 0.2) is 7.45 Å². The summed E-state index contributed by atoms with van der Waals surface area (Å²) in [6, 6.07) is 7.76. The SMILES string of the molecule is [2H]N(C(=O)CCc1ccc(OC)cc1OC)N(C(=O)c1cc(Cl)ccc1Cl)[C@@H](CC(C)C)C(=O)O. The van der Waals surface area contributed by atoms with Crippen molar-refractivity contribution in [1.82, 2.24) is 10.4 Å². The van der Waals surface area contributed by atoms with Gasteiger partial charge in [0.2, 0.25) is 5.91 Å². The molecule has 8 nitrogen and oxygen atoms in total. The number of ether oxygens (including phenoxy) is 2. The molecule has 0 heterocycles. The number of hydrogen-bond donors (Lipinski definition) is 2. The number of hydrazine groups is 1. The van der Waals surface area contributed by atoms with Crippen LogP contribution < -0.4 is 14.9 Å². The first kappa shape index (κ1) is 25.6. The van der Waals surface area contributed by atoms with Crippen molar-refractivity contribution in [2.75, 3.05) is 14.2 Å². The molecule has 0 unspecified atom stereocenters. The van der Waals surface area contributed by atoms with Gasteiger partial charge in [-0.05, 0) is 48.6 Å². The van der Waals surface area contributed by atoms with Gasteiger partial charge in [-0.3, -0.25) is 15.0 Å². The standard InChI is InChI=1S/C24H28Cl2N2O6/c1-14(2)11-20(24(31)32)28(23(30)18-12-16(25)7-9-19(18)26)27-22(29)10-6-15-5-8-17(33-3)13-21(15)34-4/h5,7-9,12-14,20H,6,10-11H2,1-4H3,(H,27,29)(H,31,32)/t20-/m0/s1/i/hD. The van der Waals surface area contributed by atoms with Crippen LogP contribution in [0.15, 0.2) is 36.4 Å². The van der Waals surface area contributed by atoms with E-state index in [1.54, 1.807) is 32.0 Å². The van der Waals surface area contributed by atoms with Gasteiger partial charge in [-0.15, -0.1) is 0 Å². The van der Waals surface area contributed by atoms with Crippen molar-refractivity contribution in [3.8, 4) is 11.5 Å². The fraction of sp³-hybridized carbons (Fsp3) is 0.375. The lowest BCUT2D eigenvalue weighted by Crippen LogP contribution is -2.55. The van der Waals surface area contributed by atoms with Crippen LogP contribution >= 0.6 is 23.2 Å². The summed E-state index contributed by atoms with van der Waals surface area (Å²) in [4.78, 5) is 38.5. The second-order valence-corrected chi connectivity index (χ2v) is 8.77. The number of aliphatic carboxylic acids is 1. The van der Waals surface area contributed by atoms with Gasteiger partial charge in [-0.2, -0.15) is 0 Å². The average Bonchev–Trinajstić information content (AvgIpc) is 2.82. The molecule has 0 aliphatic rings. The average molecular weight is 512 g/mol. The maximum atomic E-state index is 13.4. The molecule has 0 saturated heterocycles. The Morgan fingerprint density at radius 3 is 2.41 bits per heavy atom. The second-order valence-electron chi connectivity index (χ2n) is 7.93. The van der Waals surface area contributed by atoms with Crippen molar-refractivity contribution in [1.29, 1.82) is 0 Å². The largest absolute Gasteiger partial charge is 0.497 e. The molecular weight excluding hydrogens is 483 g/mol. The number of carboxylic acid groups (broad SMARTS) is 1. The molecule has 0 fully saturated rings. The first-order valence-electron chi connectivity index (χ1n) is 11.0. The summed E-state index contributed by atoms with van der Waals surface area (Å²) < 4.78 is 18.9. The molecule has 0 aliphatic heterocycles. The van der Waals surface area contributed by atoms with E-state index in [0.717, 1.165) is 0 Å². The number of amides is 2. The van der Waals surface area contributed by atoms with Crippen LogP contribution in [-0.2, 0) is 16.0 Å². The highest BCUT2D eigenvalue weighted by molar-refractivity contribution is 6.35. The number of benzene rings is 2. The van der Waals surface area contributed by atoms with Gasteiger partial charge in [-0.25, -0.2) is 9.80 Å². The van der Waals surface area contributed by atoms with E-state index in [2.05, 4.69) is 0 Å². The molecule has 0 spiro atoms. The highest BCUT2D eigenvalue weighted by Gasteiger charge is 2.33. The summed E-state index contributed by atoms with van der Waals surface area (Å²) in [7, 11) is 3.00. The molecule has 184 valence electrons. The van der Waals surface area contributed by atoms with Crippen molar-refractivity contribution in [3.63, 3.8) is 0 Å². The van der Waals surface area contributed by atoms with Crippen LogP contribution in [0.5, 0.6) is 11.5 Å². The van der Waals surface area contributed by atoms with Gasteiger partial charge in [0.25, 0.3) is 5.91 Å². The number of carbonyl (C=O) groups excluding carboxylic acids is 2. The minimum Gasteiger partial charge on any atom is -0.497 e. The van der Waals surface area contributed by atoms with Crippen LogP contribution in [0.25, 0.3) is 0 Å². The van der Waals surface area contributed by atoms with Crippen LogP contribution in [-0.4, -0.2) is 48.2 Å². The van der Waals surface area contributed by atoms with Crippen molar-refractivity contribution in [3.05, 3.63) is 57.6 Å². The molecule has 0 aliphatic carbocycles. The van der Waals surface area contributed by atoms with Crippen molar-refractivity contribution in [2.24, 2.45) is 5.92 Å². The fourth-order valence-corrected chi connectivity index (χ4v) is 3.63. The molecule has 0 radical (unpaired) electrons. The molecule has 2 aromatic rings. The Hall–Kier alpha value is -2.97. The number of nitrogens with zero attached hydrogens (tertiary/aromatic N) is 1. The molecule has 2 aromatic carbocycles. The molecule has 1 atom stereocenters. The second kappa shape index (κ2) is 12.5. The molecule has 2 amide bonds. The van der Waals surface area contributed by atoms with Gasteiger partial charge in [0.05, 0.1) is 24.8 Å². The van der Waals surface area contributed by atoms with E-state index in [0.29, 0.717) is 27.5 Å². The zero-order valence-corrected chi connectivity index (χ0v) is 20.9. The lowest BCUT2D eigenvalue weighted by Gasteiger charge is -2.30. The molecular formula is C24H28Cl2N2O6. The maximum absolute atomic E-state index is 13.4.